The lowest BCUT2D eigenvalue weighted by molar-refractivity contribution is 0.220. The van der Waals surface area contributed by atoms with Gasteiger partial charge in [-0.05, 0) is 50.1 Å². The van der Waals surface area contributed by atoms with Gasteiger partial charge in [0.15, 0.2) is 0 Å². The first-order valence-corrected chi connectivity index (χ1v) is 7.44. The summed E-state index contributed by atoms with van der Waals surface area (Å²) in [7, 11) is 3.80. The maximum absolute atomic E-state index is 8.88. The molecule has 3 nitrogen and oxygen atoms in total. The molecule has 0 saturated heterocycles. The number of aliphatic hydroxyl groups excluding tert-OH is 1. The van der Waals surface area contributed by atoms with Gasteiger partial charge in [0.05, 0.1) is 7.11 Å². The van der Waals surface area contributed by atoms with Crippen molar-refractivity contribution in [3.63, 3.8) is 0 Å². The fourth-order valence-electron chi connectivity index (χ4n) is 2.37. The highest BCUT2D eigenvalue weighted by Crippen LogP contribution is 2.20. The van der Waals surface area contributed by atoms with Crippen molar-refractivity contribution in [1.29, 1.82) is 0 Å². The Bertz CT molecular complexity index is 500. The second kappa shape index (κ2) is 8.71. The van der Waals surface area contributed by atoms with Crippen LogP contribution in [0.15, 0.2) is 18.2 Å². The van der Waals surface area contributed by atoms with Crippen molar-refractivity contribution in [2.24, 2.45) is 5.92 Å². The molecule has 0 radical (unpaired) electrons. The molecule has 1 unspecified atom stereocenters. The van der Waals surface area contributed by atoms with Crippen LogP contribution in [0.1, 0.15) is 38.3 Å². The van der Waals surface area contributed by atoms with Crippen molar-refractivity contribution in [3.05, 3.63) is 29.3 Å². The van der Waals surface area contributed by atoms with Crippen molar-refractivity contribution in [3.8, 4) is 17.6 Å². The summed E-state index contributed by atoms with van der Waals surface area (Å²) in [5.74, 6) is 7.26. The largest absolute Gasteiger partial charge is 0.497 e. The number of ether oxygens (including phenoxy) is 1. The lowest BCUT2D eigenvalue weighted by Crippen LogP contribution is -2.30. The molecular formula is C18H27NO2. The molecule has 3 heteroatoms. The zero-order chi connectivity index (χ0) is 15.8. The van der Waals surface area contributed by atoms with Gasteiger partial charge in [0, 0.05) is 18.2 Å². The highest BCUT2D eigenvalue weighted by Gasteiger charge is 2.13. The molecule has 116 valence electrons. The van der Waals surface area contributed by atoms with E-state index in [2.05, 4.69) is 44.6 Å². The Labute approximate surface area is 128 Å². The van der Waals surface area contributed by atoms with Crippen LogP contribution in [0.2, 0.25) is 0 Å². The number of benzene rings is 1. The summed E-state index contributed by atoms with van der Waals surface area (Å²) < 4.78 is 5.30. The molecule has 0 aliphatic carbocycles. The van der Waals surface area contributed by atoms with Crippen LogP contribution in [0.3, 0.4) is 0 Å². The molecule has 1 aromatic carbocycles. The first-order valence-electron chi connectivity index (χ1n) is 7.44. The number of hydrogen-bond donors (Lipinski definition) is 1. The van der Waals surface area contributed by atoms with Crippen LogP contribution >= 0.6 is 0 Å². The molecule has 0 bridgehead atoms. The molecule has 1 atom stereocenters. The summed E-state index contributed by atoms with van der Waals surface area (Å²) in [4.78, 5) is 2.33. The normalized spacial score (nSPS) is 12.2. The summed E-state index contributed by atoms with van der Waals surface area (Å²) in [5.41, 5.74) is 2.09. The predicted octanol–water partition coefficient (Wildman–Crippen LogP) is 2.91. The Kier molecular flexibility index (Phi) is 7.28. The SMILES string of the molecule is COc1ccc(C#CCO)c(CN(C)C(C)CC(C)C)c1. The Balaban J connectivity index is 2.93. The van der Waals surface area contributed by atoms with Crippen LogP contribution in [-0.2, 0) is 6.54 Å². The van der Waals surface area contributed by atoms with E-state index in [4.69, 9.17) is 9.84 Å². The zero-order valence-electron chi connectivity index (χ0n) is 13.8. The zero-order valence-corrected chi connectivity index (χ0v) is 13.8. The average molecular weight is 289 g/mol. The standard InChI is InChI=1S/C18H27NO2/c1-14(2)11-15(3)19(4)13-17-12-18(21-5)9-8-16(17)7-6-10-20/h8-9,12,14-15,20H,10-11,13H2,1-5H3. The van der Waals surface area contributed by atoms with Gasteiger partial charge >= 0.3 is 0 Å². The van der Waals surface area contributed by atoms with E-state index in [-0.39, 0.29) is 6.61 Å². The highest BCUT2D eigenvalue weighted by molar-refractivity contribution is 5.45. The molecular weight excluding hydrogens is 262 g/mol. The molecule has 0 fully saturated rings. The minimum Gasteiger partial charge on any atom is -0.497 e. The molecule has 0 saturated carbocycles. The fraction of sp³-hybridized carbons (Fsp3) is 0.556. The van der Waals surface area contributed by atoms with Crippen molar-refractivity contribution >= 4 is 0 Å². The third-order valence-electron chi connectivity index (χ3n) is 3.60. The van der Waals surface area contributed by atoms with Crippen molar-refractivity contribution in [2.45, 2.75) is 39.8 Å². The van der Waals surface area contributed by atoms with E-state index in [0.717, 1.165) is 29.8 Å². The van der Waals surface area contributed by atoms with E-state index in [1.54, 1.807) is 7.11 Å². The van der Waals surface area contributed by atoms with E-state index in [0.29, 0.717) is 12.0 Å². The second-order valence-corrected chi connectivity index (χ2v) is 5.88. The Morgan fingerprint density at radius 1 is 1.29 bits per heavy atom. The lowest BCUT2D eigenvalue weighted by atomic mass is 10.0. The molecule has 0 amide bonds. The van der Waals surface area contributed by atoms with Gasteiger partial charge in [-0.25, -0.2) is 0 Å². The van der Waals surface area contributed by atoms with E-state index < -0.39 is 0 Å². The first kappa shape index (κ1) is 17.6. The average Bonchev–Trinajstić information content (AvgIpc) is 2.45. The third-order valence-corrected chi connectivity index (χ3v) is 3.60. The molecule has 0 aliphatic heterocycles. The molecule has 21 heavy (non-hydrogen) atoms. The van der Waals surface area contributed by atoms with Crippen molar-refractivity contribution < 1.29 is 9.84 Å². The summed E-state index contributed by atoms with van der Waals surface area (Å²) >= 11 is 0. The molecule has 0 aliphatic rings. The molecule has 1 N–H and O–H groups in total. The van der Waals surface area contributed by atoms with Gasteiger partial charge in [-0.15, -0.1) is 0 Å². The smallest absolute Gasteiger partial charge is 0.119 e. The topological polar surface area (TPSA) is 32.7 Å². The molecule has 1 aromatic rings. The summed E-state index contributed by atoms with van der Waals surface area (Å²) in [6, 6.07) is 6.40. The van der Waals surface area contributed by atoms with E-state index in [1.165, 1.54) is 0 Å². The number of hydrogen-bond acceptors (Lipinski definition) is 3. The number of methoxy groups -OCH3 is 1. The molecule has 0 heterocycles. The first-order chi connectivity index (χ1) is 9.97. The minimum atomic E-state index is -0.120. The molecule has 0 spiro atoms. The predicted molar refractivity (Wildman–Crippen MR) is 87.3 cm³/mol. The maximum Gasteiger partial charge on any atom is 0.119 e. The van der Waals surface area contributed by atoms with Gasteiger partial charge in [0.1, 0.15) is 12.4 Å². The van der Waals surface area contributed by atoms with E-state index >= 15 is 0 Å². The van der Waals surface area contributed by atoms with Gasteiger partial charge in [-0.3, -0.25) is 4.90 Å². The van der Waals surface area contributed by atoms with Crippen LogP contribution < -0.4 is 4.74 Å². The summed E-state index contributed by atoms with van der Waals surface area (Å²) in [6.07, 6.45) is 1.16. The van der Waals surface area contributed by atoms with Crippen LogP contribution in [0.5, 0.6) is 5.75 Å². The molecule has 1 rings (SSSR count). The Morgan fingerprint density at radius 2 is 2.00 bits per heavy atom. The number of nitrogens with zero attached hydrogens (tertiary/aromatic N) is 1. The highest BCUT2D eigenvalue weighted by atomic mass is 16.5. The quantitative estimate of drug-likeness (QED) is 0.817. The Hall–Kier alpha value is -1.50. The summed E-state index contributed by atoms with van der Waals surface area (Å²) in [5, 5.41) is 8.88. The van der Waals surface area contributed by atoms with Crippen LogP contribution in [0.4, 0.5) is 0 Å². The van der Waals surface area contributed by atoms with E-state index in [9.17, 15) is 0 Å². The number of rotatable bonds is 6. The van der Waals surface area contributed by atoms with E-state index in [1.807, 2.05) is 18.2 Å². The second-order valence-electron chi connectivity index (χ2n) is 5.88. The monoisotopic (exact) mass is 289 g/mol. The van der Waals surface area contributed by atoms with Crippen LogP contribution in [-0.4, -0.2) is 36.8 Å². The van der Waals surface area contributed by atoms with Crippen molar-refractivity contribution in [2.75, 3.05) is 20.8 Å². The Morgan fingerprint density at radius 3 is 2.57 bits per heavy atom. The lowest BCUT2D eigenvalue weighted by Gasteiger charge is -2.26. The van der Waals surface area contributed by atoms with Crippen molar-refractivity contribution in [1.82, 2.24) is 4.90 Å². The molecule has 0 aromatic heterocycles. The van der Waals surface area contributed by atoms with Gasteiger partial charge in [-0.1, -0.05) is 25.7 Å². The third kappa shape index (κ3) is 5.79. The fourth-order valence-corrected chi connectivity index (χ4v) is 2.37. The minimum absolute atomic E-state index is 0.120. The maximum atomic E-state index is 8.88. The summed E-state index contributed by atoms with van der Waals surface area (Å²) in [6.45, 7) is 7.44. The van der Waals surface area contributed by atoms with Gasteiger partial charge in [0.25, 0.3) is 0 Å². The van der Waals surface area contributed by atoms with Gasteiger partial charge in [-0.2, -0.15) is 0 Å². The van der Waals surface area contributed by atoms with Crippen LogP contribution in [0, 0.1) is 17.8 Å². The van der Waals surface area contributed by atoms with Crippen LogP contribution in [0.25, 0.3) is 0 Å². The van der Waals surface area contributed by atoms with Gasteiger partial charge in [0.2, 0.25) is 0 Å². The van der Waals surface area contributed by atoms with Gasteiger partial charge < -0.3 is 9.84 Å². The number of aliphatic hydroxyl groups is 1.